The van der Waals surface area contributed by atoms with Gasteiger partial charge >= 0.3 is 0 Å². The Labute approximate surface area is 133 Å². The van der Waals surface area contributed by atoms with Crippen LogP contribution >= 0.6 is 15.9 Å². The lowest BCUT2D eigenvalue weighted by Crippen LogP contribution is -2.11. The molecule has 0 aliphatic rings. The normalized spacial score (nSPS) is 12.7. The molecule has 1 unspecified atom stereocenters. The molecule has 0 amide bonds. The first-order chi connectivity index (χ1) is 10.2. The van der Waals surface area contributed by atoms with E-state index in [0.29, 0.717) is 0 Å². The van der Waals surface area contributed by atoms with Crippen molar-refractivity contribution in [2.24, 2.45) is 5.73 Å². The standard InChI is InChI=1S/C18H18BrNO/c1-2-5-12-6-3-7-13(10-12)17(20)16-11-14-8-4-9-15(19)18(14)21-16/h3-4,6-11,17H,2,5,20H2,1H3. The van der Waals surface area contributed by atoms with E-state index in [9.17, 15) is 0 Å². The number of aryl methyl sites for hydroxylation is 1. The fourth-order valence-corrected chi connectivity index (χ4v) is 3.06. The maximum Gasteiger partial charge on any atom is 0.148 e. The van der Waals surface area contributed by atoms with E-state index in [0.717, 1.165) is 39.6 Å². The summed E-state index contributed by atoms with van der Waals surface area (Å²) in [4.78, 5) is 0. The third kappa shape index (κ3) is 2.89. The molecule has 1 atom stereocenters. The Kier molecular flexibility index (Phi) is 4.13. The zero-order chi connectivity index (χ0) is 14.8. The molecule has 2 N–H and O–H groups in total. The van der Waals surface area contributed by atoms with Crippen molar-refractivity contribution in [3.63, 3.8) is 0 Å². The molecule has 0 fully saturated rings. The second-order valence-corrected chi connectivity index (χ2v) is 6.13. The largest absolute Gasteiger partial charge is 0.458 e. The quantitative estimate of drug-likeness (QED) is 0.707. The van der Waals surface area contributed by atoms with E-state index in [1.54, 1.807) is 0 Å². The Morgan fingerprint density at radius 3 is 2.71 bits per heavy atom. The lowest BCUT2D eigenvalue weighted by molar-refractivity contribution is 0.524. The molecular formula is C18H18BrNO. The molecule has 0 radical (unpaired) electrons. The molecular weight excluding hydrogens is 326 g/mol. The van der Waals surface area contributed by atoms with Crippen LogP contribution < -0.4 is 5.73 Å². The maximum absolute atomic E-state index is 6.39. The predicted octanol–water partition coefficient (Wildman–Crippen LogP) is 5.20. The lowest BCUT2D eigenvalue weighted by Gasteiger charge is -2.10. The lowest BCUT2D eigenvalue weighted by atomic mass is 10.0. The molecule has 0 saturated heterocycles. The summed E-state index contributed by atoms with van der Waals surface area (Å²) >= 11 is 3.51. The van der Waals surface area contributed by atoms with E-state index < -0.39 is 0 Å². The number of benzene rings is 2. The molecule has 0 aliphatic heterocycles. The van der Waals surface area contributed by atoms with E-state index in [1.165, 1.54) is 5.56 Å². The van der Waals surface area contributed by atoms with Crippen molar-refractivity contribution >= 4 is 26.9 Å². The Balaban J connectivity index is 1.98. The average Bonchev–Trinajstić information content (AvgIpc) is 2.93. The zero-order valence-electron chi connectivity index (χ0n) is 12.0. The minimum absolute atomic E-state index is 0.235. The predicted molar refractivity (Wildman–Crippen MR) is 90.4 cm³/mol. The first kappa shape index (κ1) is 14.4. The van der Waals surface area contributed by atoms with Gasteiger partial charge < -0.3 is 10.2 Å². The van der Waals surface area contributed by atoms with Crippen molar-refractivity contribution in [3.8, 4) is 0 Å². The summed E-state index contributed by atoms with van der Waals surface area (Å²) < 4.78 is 6.90. The second-order valence-electron chi connectivity index (χ2n) is 5.28. The Hall–Kier alpha value is -1.58. The van der Waals surface area contributed by atoms with Gasteiger partial charge in [-0.05, 0) is 45.6 Å². The minimum atomic E-state index is -0.235. The number of fused-ring (bicyclic) bond motifs is 1. The van der Waals surface area contributed by atoms with Crippen molar-refractivity contribution in [1.29, 1.82) is 0 Å². The van der Waals surface area contributed by atoms with Gasteiger partial charge in [0.2, 0.25) is 0 Å². The van der Waals surface area contributed by atoms with Crippen LogP contribution in [0.1, 0.15) is 36.3 Å². The molecule has 3 rings (SSSR count). The summed E-state index contributed by atoms with van der Waals surface area (Å²) in [6.45, 7) is 2.18. The SMILES string of the molecule is CCCc1cccc(C(N)c2cc3cccc(Br)c3o2)c1. The topological polar surface area (TPSA) is 39.2 Å². The van der Waals surface area contributed by atoms with Gasteiger partial charge in [0.1, 0.15) is 11.3 Å². The van der Waals surface area contributed by atoms with Gasteiger partial charge in [-0.25, -0.2) is 0 Å². The van der Waals surface area contributed by atoms with Crippen LogP contribution in [0.3, 0.4) is 0 Å². The molecule has 108 valence electrons. The Morgan fingerprint density at radius 2 is 1.95 bits per heavy atom. The Morgan fingerprint density at radius 1 is 1.14 bits per heavy atom. The molecule has 0 aliphatic carbocycles. The zero-order valence-corrected chi connectivity index (χ0v) is 13.6. The van der Waals surface area contributed by atoms with Gasteiger partial charge in [-0.2, -0.15) is 0 Å². The number of hydrogen-bond acceptors (Lipinski definition) is 2. The number of rotatable bonds is 4. The average molecular weight is 344 g/mol. The highest BCUT2D eigenvalue weighted by Gasteiger charge is 2.15. The Bertz CT molecular complexity index is 763. The highest BCUT2D eigenvalue weighted by Crippen LogP contribution is 2.31. The molecule has 3 heteroatoms. The van der Waals surface area contributed by atoms with Crippen molar-refractivity contribution in [3.05, 3.63) is 69.9 Å². The van der Waals surface area contributed by atoms with Crippen LogP contribution in [-0.4, -0.2) is 0 Å². The van der Waals surface area contributed by atoms with Gasteiger partial charge in [0.15, 0.2) is 0 Å². The van der Waals surface area contributed by atoms with Crippen LogP contribution in [0.4, 0.5) is 0 Å². The van der Waals surface area contributed by atoms with Gasteiger partial charge in [0, 0.05) is 5.39 Å². The van der Waals surface area contributed by atoms with E-state index in [4.69, 9.17) is 10.2 Å². The molecule has 0 saturated carbocycles. The molecule has 1 aromatic heterocycles. The minimum Gasteiger partial charge on any atom is -0.458 e. The summed E-state index contributed by atoms with van der Waals surface area (Å²) in [5.74, 6) is 0.797. The molecule has 0 spiro atoms. The maximum atomic E-state index is 6.39. The van der Waals surface area contributed by atoms with Crippen molar-refractivity contribution in [2.45, 2.75) is 25.8 Å². The van der Waals surface area contributed by atoms with Crippen LogP contribution in [0.2, 0.25) is 0 Å². The monoisotopic (exact) mass is 343 g/mol. The van der Waals surface area contributed by atoms with Crippen LogP contribution in [0.15, 0.2) is 57.4 Å². The molecule has 2 nitrogen and oxygen atoms in total. The summed E-state index contributed by atoms with van der Waals surface area (Å²) in [7, 11) is 0. The first-order valence-electron chi connectivity index (χ1n) is 7.21. The van der Waals surface area contributed by atoms with Gasteiger partial charge in [-0.15, -0.1) is 0 Å². The van der Waals surface area contributed by atoms with Crippen molar-refractivity contribution in [2.75, 3.05) is 0 Å². The summed E-state index contributed by atoms with van der Waals surface area (Å²) in [5.41, 5.74) is 9.66. The molecule has 3 aromatic rings. The van der Waals surface area contributed by atoms with E-state index in [-0.39, 0.29) is 6.04 Å². The number of para-hydroxylation sites is 1. The first-order valence-corrected chi connectivity index (χ1v) is 8.00. The van der Waals surface area contributed by atoms with Crippen LogP contribution in [0.25, 0.3) is 11.0 Å². The molecule has 2 aromatic carbocycles. The number of halogens is 1. The van der Waals surface area contributed by atoms with Crippen molar-refractivity contribution in [1.82, 2.24) is 0 Å². The third-order valence-corrected chi connectivity index (χ3v) is 4.29. The summed E-state index contributed by atoms with van der Waals surface area (Å²) in [6, 6.07) is 16.3. The number of hydrogen-bond donors (Lipinski definition) is 1. The fraction of sp³-hybridized carbons (Fsp3) is 0.222. The number of nitrogens with two attached hydrogens (primary N) is 1. The molecule has 0 bridgehead atoms. The third-order valence-electron chi connectivity index (χ3n) is 3.67. The smallest absolute Gasteiger partial charge is 0.148 e. The number of furan rings is 1. The van der Waals surface area contributed by atoms with E-state index >= 15 is 0 Å². The highest BCUT2D eigenvalue weighted by atomic mass is 79.9. The van der Waals surface area contributed by atoms with Gasteiger partial charge in [0.05, 0.1) is 10.5 Å². The highest BCUT2D eigenvalue weighted by molar-refractivity contribution is 9.10. The van der Waals surface area contributed by atoms with Crippen molar-refractivity contribution < 1.29 is 4.42 Å². The summed E-state index contributed by atoms with van der Waals surface area (Å²) in [5, 5.41) is 1.07. The van der Waals surface area contributed by atoms with Crippen LogP contribution in [-0.2, 0) is 6.42 Å². The second kappa shape index (κ2) is 6.04. The van der Waals surface area contributed by atoms with Crippen LogP contribution in [0, 0.1) is 0 Å². The van der Waals surface area contributed by atoms with Gasteiger partial charge in [-0.3, -0.25) is 0 Å². The molecule has 1 heterocycles. The molecule has 21 heavy (non-hydrogen) atoms. The van der Waals surface area contributed by atoms with Crippen LogP contribution in [0.5, 0.6) is 0 Å². The van der Waals surface area contributed by atoms with E-state index in [2.05, 4.69) is 47.1 Å². The van der Waals surface area contributed by atoms with E-state index in [1.807, 2.05) is 24.3 Å². The van der Waals surface area contributed by atoms with Gasteiger partial charge in [0.25, 0.3) is 0 Å². The fourth-order valence-electron chi connectivity index (χ4n) is 2.60. The summed E-state index contributed by atoms with van der Waals surface area (Å²) in [6.07, 6.45) is 2.21. The van der Waals surface area contributed by atoms with Gasteiger partial charge in [-0.1, -0.05) is 49.7 Å².